The smallest absolute Gasteiger partial charge is 0.200 e. The van der Waals surface area contributed by atoms with Crippen LogP contribution in [0.15, 0.2) is 69.9 Å². The zero-order valence-corrected chi connectivity index (χ0v) is 14.0. The minimum absolute atomic E-state index is 0.0556. The van der Waals surface area contributed by atoms with Crippen molar-refractivity contribution < 1.29 is 9.52 Å². The lowest BCUT2D eigenvalue weighted by Gasteiger charge is -2.11. The quantitative estimate of drug-likeness (QED) is 0.556. The van der Waals surface area contributed by atoms with Crippen molar-refractivity contribution in [2.45, 2.75) is 19.8 Å². The van der Waals surface area contributed by atoms with E-state index in [-0.39, 0.29) is 11.2 Å². The van der Waals surface area contributed by atoms with Gasteiger partial charge >= 0.3 is 0 Å². The predicted octanol–water partition coefficient (Wildman–Crippen LogP) is 5.27. The molecule has 3 heteroatoms. The third-order valence-corrected chi connectivity index (χ3v) is 4.46. The van der Waals surface area contributed by atoms with Gasteiger partial charge in [-0.15, -0.1) is 0 Å². The van der Waals surface area contributed by atoms with E-state index in [1.54, 1.807) is 6.07 Å². The summed E-state index contributed by atoms with van der Waals surface area (Å²) in [6, 6.07) is 18.8. The monoisotopic (exact) mass is 330 g/mol. The fraction of sp³-hybridized carbons (Fsp3) is 0.136. The Morgan fingerprint density at radius 1 is 0.960 bits per heavy atom. The molecule has 25 heavy (non-hydrogen) atoms. The van der Waals surface area contributed by atoms with Crippen LogP contribution in [-0.2, 0) is 6.42 Å². The SMILES string of the molecule is CCCc1oc2cc(O)ccc2c(=O)c1-c1ccc2ccccc2c1. The fourth-order valence-corrected chi connectivity index (χ4v) is 3.27. The molecule has 1 N–H and O–H groups in total. The number of phenols is 1. The first-order valence-electron chi connectivity index (χ1n) is 8.45. The van der Waals surface area contributed by atoms with Crippen LogP contribution in [0.1, 0.15) is 19.1 Å². The van der Waals surface area contributed by atoms with Crippen LogP contribution in [0.3, 0.4) is 0 Å². The van der Waals surface area contributed by atoms with Crippen LogP contribution < -0.4 is 5.43 Å². The van der Waals surface area contributed by atoms with Gasteiger partial charge in [-0.05, 0) is 41.0 Å². The molecule has 0 radical (unpaired) electrons. The minimum Gasteiger partial charge on any atom is -0.508 e. The molecule has 0 amide bonds. The van der Waals surface area contributed by atoms with Gasteiger partial charge in [0.25, 0.3) is 0 Å². The third-order valence-electron chi connectivity index (χ3n) is 4.46. The maximum absolute atomic E-state index is 13.1. The molecule has 4 aromatic rings. The Balaban J connectivity index is 2.04. The highest BCUT2D eigenvalue weighted by atomic mass is 16.3. The third kappa shape index (κ3) is 2.68. The molecule has 0 aliphatic rings. The summed E-state index contributed by atoms with van der Waals surface area (Å²) in [5.41, 5.74) is 1.86. The maximum atomic E-state index is 13.1. The van der Waals surface area contributed by atoms with Crippen LogP contribution in [0, 0.1) is 0 Å². The summed E-state index contributed by atoms with van der Waals surface area (Å²) in [5.74, 6) is 0.762. The lowest BCUT2D eigenvalue weighted by molar-refractivity contribution is 0.472. The molecule has 0 fully saturated rings. The predicted molar refractivity (Wildman–Crippen MR) is 101 cm³/mol. The molecular formula is C22H18O3. The summed E-state index contributed by atoms with van der Waals surface area (Å²) in [6.45, 7) is 2.05. The second-order valence-electron chi connectivity index (χ2n) is 6.22. The Hall–Kier alpha value is -3.07. The summed E-state index contributed by atoms with van der Waals surface area (Å²) in [6.07, 6.45) is 1.54. The fourth-order valence-electron chi connectivity index (χ4n) is 3.27. The second-order valence-corrected chi connectivity index (χ2v) is 6.22. The number of benzene rings is 3. The normalized spacial score (nSPS) is 11.2. The van der Waals surface area contributed by atoms with E-state index in [2.05, 4.69) is 13.0 Å². The number of phenolic OH excluding ortho intramolecular Hbond substituents is 1. The first-order chi connectivity index (χ1) is 12.2. The van der Waals surface area contributed by atoms with E-state index in [4.69, 9.17) is 4.42 Å². The van der Waals surface area contributed by atoms with Gasteiger partial charge in [-0.3, -0.25) is 4.79 Å². The van der Waals surface area contributed by atoms with E-state index in [9.17, 15) is 9.90 Å². The standard InChI is InChI=1S/C22H18O3/c1-2-5-19-21(16-9-8-14-6-3-4-7-15(14)12-16)22(24)18-11-10-17(23)13-20(18)25-19/h3-4,6-13,23H,2,5H2,1H3. The van der Waals surface area contributed by atoms with Crippen LogP contribution >= 0.6 is 0 Å². The molecule has 0 unspecified atom stereocenters. The van der Waals surface area contributed by atoms with Gasteiger partial charge in [-0.1, -0.05) is 43.3 Å². The van der Waals surface area contributed by atoms with E-state index in [1.807, 2.05) is 36.4 Å². The molecule has 3 nitrogen and oxygen atoms in total. The minimum atomic E-state index is -0.0556. The number of fused-ring (bicyclic) bond motifs is 2. The molecule has 1 aromatic heterocycles. The highest BCUT2D eigenvalue weighted by Crippen LogP contribution is 2.29. The average molecular weight is 330 g/mol. The van der Waals surface area contributed by atoms with Crippen molar-refractivity contribution >= 4 is 21.7 Å². The summed E-state index contributed by atoms with van der Waals surface area (Å²) < 4.78 is 6.00. The topological polar surface area (TPSA) is 50.4 Å². The average Bonchev–Trinajstić information content (AvgIpc) is 2.61. The van der Waals surface area contributed by atoms with Gasteiger partial charge in [0, 0.05) is 12.5 Å². The van der Waals surface area contributed by atoms with E-state index >= 15 is 0 Å². The Morgan fingerprint density at radius 2 is 1.76 bits per heavy atom. The number of hydrogen-bond donors (Lipinski definition) is 1. The van der Waals surface area contributed by atoms with Gasteiger partial charge in [0.2, 0.25) is 5.43 Å². The van der Waals surface area contributed by atoms with Crippen LogP contribution in [0.25, 0.3) is 32.9 Å². The van der Waals surface area contributed by atoms with Gasteiger partial charge in [0.15, 0.2) is 0 Å². The molecule has 0 saturated heterocycles. The molecule has 3 aromatic carbocycles. The molecule has 124 valence electrons. The molecule has 1 heterocycles. The Kier molecular flexibility index (Phi) is 3.77. The summed E-state index contributed by atoms with van der Waals surface area (Å²) in [7, 11) is 0. The summed E-state index contributed by atoms with van der Waals surface area (Å²) in [4.78, 5) is 13.1. The Morgan fingerprint density at radius 3 is 2.56 bits per heavy atom. The second kappa shape index (κ2) is 6.10. The van der Waals surface area contributed by atoms with Crippen molar-refractivity contribution in [3.8, 4) is 16.9 Å². The van der Waals surface area contributed by atoms with E-state index in [1.165, 1.54) is 12.1 Å². The van der Waals surface area contributed by atoms with Crippen LogP contribution in [0.5, 0.6) is 5.75 Å². The van der Waals surface area contributed by atoms with Crippen molar-refractivity contribution in [2.75, 3.05) is 0 Å². The molecule has 0 bridgehead atoms. The molecule has 0 aliphatic carbocycles. The number of aromatic hydroxyl groups is 1. The first kappa shape index (κ1) is 15.5. The first-order valence-corrected chi connectivity index (χ1v) is 8.45. The van der Waals surface area contributed by atoms with E-state index in [0.717, 1.165) is 22.8 Å². The Bertz CT molecular complexity index is 1140. The number of hydrogen-bond acceptors (Lipinski definition) is 3. The molecule has 0 aliphatic heterocycles. The van der Waals surface area contributed by atoms with Crippen molar-refractivity contribution in [2.24, 2.45) is 0 Å². The highest BCUT2D eigenvalue weighted by Gasteiger charge is 2.16. The van der Waals surface area contributed by atoms with Crippen LogP contribution in [0.4, 0.5) is 0 Å². The summed E-state index contributed by atoms with van der Waals surface area (Å²) >= 11 is 0. The lowest BCUT2D eigenvalue weighted by Crippen LogP contribution is -2.09. The highest BCUT2D eigenvalue weighted by molar-refractivity contribution is 5.90. The van der Waals surface area contributed by atoms with Crippen molar-refractivity contribution in [1.82, 2.24) is 0 Å². The van der Waals surface area contributed by atoms with Crippen molar-refractivity contribution in [1.29, 1.82) is 0 Å². The largest absolute Gasteiger partial charge is 0.508 e. The lowest BCUT2D eigenvalue weighted by atomic mass is 9.97. The van der Waals surface area contributed by atoms with Crippen molar-refractivity contribution in [3.05, 3.63) is 76.6 Å². The zero-order chi connectivity index (χ0) is 17.4. The molecule has 0 saturated carbocycles. The number of rotatable bonds is 3. The van der Waals surface area contributed by atoms with Crippen LogP contribution in [0.2, 0.25) is 0 Å². The van der Waals surface area contributed by atoms with Gasteiger partial charge in [0.1, 0.15) is 17.1 Å². The molecule has 0 atom stereocenters. The zero-order valence-electron chi connectivity index (χ0n) is 14.0. The van der Waals surface area contributed by atoms with Crippen LogP contribution in [-0.4, -0.2) is 5.11 Å². The van der Waals surface area contributed by atoms with Crippen molar-refractivity contribution in [3.63, 3.8) is 0 Å². The Labute approximate surface area is 145 Å². The van der Waals surface area contributed by atoms with Gasteiger partial charge in [-0.2, -0.15) is 0 Å². The molecule has 4 rings (SSSR count). The summed E-state index contributed by atoms with van der Waals surface area (Å²) in [5, 5.41) is 12.4. The van der Waals surface area contributed by atoms with Gasteiger partial charge in [0.05, 0.1) is 10.9 Å². The molecule has 0 spiro atoms. The van der Waals surface area contributed by atoms with Gasteiger partial charge in [-0.25, -0.2) is 0 Å². The molecular weight excluding hydrogens is 312 g/mol. The van der Waals surface area contributed by atoms with E-state index < -0.39 is 0 Å². The van der Waals surface area contributed by atoms with Gasteiger partial charge < -0.3 is 9.52 Å². The number of aryl methyl sites for hydroxylation is 1. The maximum Gasteiger partial charge on any atom is 0.200 e. The van der Waals surface area contributed by atoms with E-state index in [0.29, 0.717) is 28.7 Å².